The van der Waals surface area contributed by atoms with Crippen molar-refractivity contribution in [2.75, 3.05) is 5.75 Å². The van der Waals surface area contributed by atoms with Crippen molar-refractivity contribution >= 4 is 29.2 Å². The van der Waals surface area contributed by atoms with Crippen LogP contribution in [0.25, 0.3) is 0 Å². The predicted molar refractivity (Wildman–Crippen MR) is 84.7 cm³/mol. The van der Waals surface area contributed by atoms with Crippen LogP contribution in [0.2, 0.25) is 0 Å². The van der Waals surface area contributed by atoms with E-state index in [9.17, 15) is 9.59 Å². The van der Waals surface area contributed by atoms with Gasteiger partial charge in [-0.3, -0.25) is 9.59 Å². The number of Topliss-reactive ketones (excluding diaryl/α,β-unsaturated/α-hetero) is 1. The van der Waals surface area contributed by atoms with E-state index < -0.39 is 0 Å². The van der Waals surface area contributed by atoms with E-state index in [2.05, 4.69) is 11.9 Å². The first-order chi connectivity index (χ1) is 9.43. The normalized spacial score (nSPS) is 11.8. The van der Waals surface area contributed by atoms with Crippen LogP contribution >= 0.6 is 11.8 Å². The summed E-state index contributed by atoms with van der Waals surface area (Å²) in [5, 5.41) is 0. The first-order valence-corrected chi connectivity index (χ1v) is 7.78. The molecule has 1 amide bonds. The molecule has 0 saturated carbocycles. The summed E-state index contributed by atoms with van der Waals surface area (Å²) >= 11 is 1.72. The Morgan fingerprint density at radius 1 is 1.20 bits per heavy atom. The summed E-state index contributed by atoms with van der Waals surface area (Å²) in [6.45, 7) is 7.54. The van der Waals surface area contributed by atoms with E-state index in [1.54, 1.807) is 23.9 Å². The molecule has 3 nitrogen and oxygen atoms in total. The Labute approximate surface area is 124 Å². The zero-order valence-corrected chi connectivity index (χ0v) is 13.3. The molecule has 0 heterocycles. The number of carbonyl (C=O) groups excluding carboxylic acids is 2. The number of benzene rings is 1. The standard InChI is InChI=1S/C16H21NO2S/c1-5-20-14-8-6-13(7-9-14)16(19)17-15(12(4)18)10-11(2)3/h6-9,11H,5,10H2,1-4H3. The SMILES string of the molecule is CCSc1ccc(C(=O)N=C(CC(C)C)C(C)=O)cc1. The number of carbonyl (C=O) groups is 2. The van der Waals surface area contributed by atoms with Crippen molar-refractivity contribution in [3.8, 4) is 0 Å². The molecule has 0 aliphatic rings. The third-order valence-electron chi connectivity index (χ3n) is 2.66. The molecule has 108 valence electrons. The van der Waals surface area contributed by atoms with Crippen LogP contribution in [0.5, 0.6) is 0 Å². The Morgan fingerprint density at radius 3 is 2.25 bits per heavy atom. The molecule has 20 heavy (non-hydrogen) atoms. The lowest BCUT2D eigenvalue weighted by atomic mass is 10.0. The molecule has 0 radical (unpaired) electrons. The molecule has 0 unspecified atom stereocenters. The van der Waals surface area contributed by atoms with Gasteiger partial charge >= 0.3 is 0 Å². The van der Waals surface area contributed by atoms with Gasteiger partial charge in [0.25, 0.3) is 5.91 Å². The van der Waals surface area contributed by atoms with Gasteiger partial charge in [-0.1, -0.05) is 20.8 Å². The summed E-state index contributed by atoms with van der Waals surface area (Å²) < 4.78 is 0. The van der Waals surface area contributed by atoms with Gasteiger partial charge in [0.2, 0.25) is 0 Å². The van der Waals surface area contributed by atoms with E-state index in [1.807, 2.05) is 26.0 Å². The van der Waals surface area contributed by atoms with E-state index in [-0.39, 0.29) is 11.7 Å². The van der Waals surface area contributed by atoms with Crippen LogP contribution in [0.15, 0.2) is 34.2 Å². The first kappa shape index (κ1) is 16.6. The lowest BCUT2D eigenvalue weighted by Crippen LogP contribution is -2.15. The monoisotopic (exact) mass is 291 g/mol. The molecule has 1 aromatic rings. The van der Waals surface area contributed by atoms with Crippen molar-refractivity contribution in [3.05, 3.63) is 29.8 Å². The minimum Gasteiger partial charge on any atom is -0.293 e. The highest BCUT2D eigenvalue weighted by molar-refractivity contribution is 7.99. The molecule has 0 fully saturated rings. The highest BCUT2D eigenvalue weighted by atomic mass is 32.2. The molecule has 0 aromatic heterocycles. The van der Waals surface area contributed by atoms with Gasteiger partial charge in [0.1, 0.15) is 0 Å². The fourth-order valence-corrected chi connectivity index (χ4v) is 2.36. The van der Waals surface area contributed by atoms with Gasteiger partial charge in [-0.2, -0.15) is 0 Å². The summed E-state index contributed by atoms with van der Waals surface area (Å²) in [5.41, 5.74) is 0.880. The fourth-order valence-electron chi connectivity index (χ4n) is 1.70. The first-order valence-electron chi connectivity index (χ1n) is 6.79. The van der Waals surface area contributed by atoms with Crippen molar-refractivity contribution in [2.24, 2.45) is 10.9 Å². The maximum absolute atomic E-state index is 12.1. The lowest BCUT2D eigenvalue weighted by molar-refractivity contribution is -0.111. The van der Waals surface area contributed by atoms with Gasteiger partial charge in [-0.05, 0) is 42.4 Å². The largest absolute Gasteiger partial charge is 0.293 e. The average molecular weight is 291 g/mol. The van der Waals surface area contributed by atoms with Crippen LogP contribution in [-0.2, 0) is 4.79 Å². The van der Waals surface area contributed by atoms with Crippen LogP contribution in [-0.4, -0.2) is 23.2 Å². The molecule has 1 aromatic carbocycles. The number of aliphatic imine (C=N–C) groups is 1. The average Bonchev–Trinajstić information content (AvgIpc) is 2.38. The van der Waals surface area contributed by atoms with Crippen molar-refractivity contribution in [1.82, 2.24) is 0 Å². The molecule has 0 saturated heterocycles. The Kier molecular flexibility index (Phi) is 6.65. The minimum absolute atomic E-state index is 0.134. The fraction of sp³-hybridized carbons (Fsp3) is 0.438. The van der Waals surface area contributed by atoms with Crippen LogP contribution in [0.4, 0.5) is 0 Å². The van der Waals surface area contributed by atoms with Crippen molar-refractivity contribution in [2.45, 2.75) is 39.0 Å². The number of thioether (sulfide) groups is 1. The number of amides is 1. The van der Waals surface area contributed by atoms with Gasteiger partial charge in [0.05, 0.1) is 5.71 Å². The van der Waals surface area contributed by atoms with Gasteiger partial charge in [0, 0.05) is 17.4 Å². The molecule has 0 aliphatic carbocycles. The molecule has 4 heteroatoms. The van der Waals surface area contributed by atoms with Crippen LogP contribution in [0.1, 0.15) is 44.5 Å². The number of ketones is 1. The predicted octanol–water partition coefficient (Wildman–Crippen LogP) is 4.01. The van der Waals surface area contributed by atoms with Gasteiger partial charge in [0.15, 0.2) is 5.78 Å². The number of hydrogen-bond donors (Lipinski definition) is 0. The third kappa shape index (κ3) is 5.29. The summed E-state index contributed by atoms with van der Waals surface area (Å²) in [6, 6.07) is 7.34. The summed E-state index contributed by atoms with van der Waals surface area (Å²) in [6.07, 6.45) is 0.533. The molecule has 0 aliphatic heterocycles. The van der Waals surface area contributed by atoms with Crippen LogP contribution < -0.4 is 0 Å². The molecule has 0 spiro atoms. The second-order valence-corrected chi connectivity index (χ2v) is 6.31. The zero-order chi connectivity index (χ0) is 15.1. The van der Waals surface area contributed by atoms with E-state index in [4.69, 9.17) is 0 Å². The second kappa shape index (κ2) is 8.00. The van der Waals surface area contributed by atoms with Crippen molar-refractivity contribution in [3.63, 3.8) is 0 Å². The van der Waals surface area contributed by atoms with E-state index in [0.717, 1.165) is 10.6 Å². The Balaban J connectivity index is 2.89. The zero-order valence-electron chi connectivity index (χ0n) is 12.5. The Morgan fingerprint density at radius 2 is 1.80 bits per heavy atom. The number of rotatable bonds is 6. The van der Waals surface area contributed by atoms with Gasteiger partial charge in [-0.25, -0.2) is 4.99 Å². The molecule has 0 bridgehead atoms. The minimum atomic E-state index is -0.344. The van der Waals surface area contributed by atoms with Crippen molar-refractivity contribution < 1.29 is 9.59 Å². The van der Waals surface area contributed by atoms with E-state index in [1.165, 1.54) is 6.92 Å². The van der Waals surface area contributed by atoms with Crippen LogP contribution in [0, 0.1) is 5.92 Å². The van der Waals surface area contributed by atoms with Gasteiger partial charge < -0.3 is 0 Å². The molecule has 1 rings (SSSR count). The highest BCUT2D eigenvalue weighted by Gasteiger charge is 2.12. The van der Waals surface area contributed by atoms with Crippen molar-refractivity contribution in [1.29, 1.82) is 0 Å². The Hall–Kier alpha value is -1.42. The second-order valence-electron chi connectivity index (χ2n) is 4.98. The molecule has 0 N–H and O–H groups in total. The molecular weight excluding hydrogens is 270 g/mol. The lowest BCUT2D eigenvalue weighted by Gasteiger charge is -2.05. The number of hydrogen-bond acceptors (Lipinski definition) is 3. The summed E-state index contributed by atoms with van der Waals surface area (Å²) in [7, 11) is 0. The third-order valence-corrected chi connectivity index (χ3v) is 3.55. The maximum Gasteiger partial charge on any atom is 0.277 e. The quantitative estimate of drug-likeness (QED) is 0.587. The summed E-state index contributed by atoms with van der Waals surface area (Å²) in [4.78, 5) is 28.7. The molecule has 0 atom stereocenters. The van der Waals surface area contributed by atoms with E-state index >= 15 is 0 Å². The Bertz CT molecular complexity index is 504. The number of nitrogens with zero attached hydrogens (tertiary/aromatic N) is 1. The maximum atomic E-state index is 12.1. The van der Waals surface area contributed by atoms with Gasteiger partial charge in [-0.15, -0.1) is 11.8 Å². The van der Waals surface area contributed by atoms with Crippen LogP contribution in [0.3, 0.4) is 0 Å². The highest BCUT2D eigenvalue weighted by Crippen LogP contribution is 2.18. The smallest absolute Gasteiger partial charge is 0.277 e. The molecular formula is C16H21NO2S. The topological polar surface area (TPSA) is 46.5 Å². The summed E-state index contributed by atoms with van der Waals surface area (Å²) in [5.74, 6) is 0.816. The van der Waals surface area contributed by atoms with E-state index in [0.29, 0.717) is 23.6 Å².